The van der Waals surface area contributed by atoms with Crippen LogP contribution < -0.4 is 33.2 Å². The van der Waals surface area contributed by atoms with Crippen molar-refractivity contribution >= 4 is 17.7 Å². The molecule has 3 aromatic rings. The van der Waals surface area contributed by atoms with Gasteiger partial charge in [-0.3, -0.25) is 14.4 Å². The van der Waals surface area contributed by atoms with Gasteiger partial charge in [-0.15, -0.1) is 0 Å². The Labute approximate surface area is 364 Å². The topological polar surface area (TPSA) is 186 Å². The number of carbonyl (C=O) groups is 3. The van der Waals surface area contributed by atoms with Crippen molar-refractivity contribution in [2.24, 2.45) is 63.5 Å². The van der Waals surface area contributed by atoms with Crippen LogP contribution >= 0.6 is 0 Å². The first-order chi connectivity index (χ1) is 29.3. The first kappa shape index (κ1) is 44.9. The van der Waals surface area contributed by atoms with Crippen LogP contribution in [0.5, 0.6) is 0 Å². The molecule has 330 valence electrons. The van der Waals surface area contributed by atoms with E-state index in [1.807, 2.05) is 91.0 Å². The lowest BCUT2D eigenvalue weighted by Gasteiger charge is -2.65. The van der Waals surface area contributed by atoms with Crippen LogP contribution in [0.15, 0.2) is 91.0 Å². The monoisotopic (exact) mass is 833 g/mol. The molecule has 0 spiro atoms. The fourth-order valence-electron chi connectivity index (χ4n) is 13.1. The summed E-state index contributed by atoms with van der Waals surface area (Å²) in [5.41, 5.74) is 22.7. The number of nitrogens with two attached hydrogens (primary N) is 3. The molecule has 4 fully saturated rings. The van der Waals surface area contributed by atoms with Crippen LogP contribution in [0.4, 0.5) is 0 Å². The first-order valence-corrected chi connectivity index (χ1v) is 23.2. The zero-order valence-corrected chi connectivity index (χ0v) is 36.7. The van der Waals surface area contributed by atoms with E-state index in [4.69, 9.17) is 17.2 Å². The highest BCUT2D eigenvalue weighted by Crippen LogP contribution is 2.68. The fraction of sp³-hybridized carbons (Fsp3) is 0.588. The molecule has 4 aliphatic rings. The average molecular weight is 833 g/mol. The molecule has 2 unspecified atom stereocenters. The largest absolute Gasteiger partial charge is 0.396 e. The summed E-state index contributed by atoms with van der Waals surface area (Å²) >= 11 is 0. The maximum atomic E-state index is 14.3. The predicted octanol–water partition coefficient (Wildman–Crippen LogP) is 5.44. The standard InChI is InChI=1S/C51H72N6O4/c1-32(14-13-25-58)38-21-22-39-46-40(31-45(51(38,39)3)57-49(61)43(54)28-35-19-11-6-12-20-35)50(2)24-23-37(55-47(59)41(52)26-33-15-7-4-8-16-33)29-36(50)30-44(46)56-48(60)42(53)27-34-17-9-5-10-18-34/h4-12,15-20,32,36-46,58H,13-14,21-31,52-54H2,1-3H3,(H,55,59)(H,56,60)(H,57,61)/t32-,36?,37-,38-,39+,40+,41+,42+,43+,44-,45+,46?,50+,51-/m1/s1. The fourth-order valence-corrected chi connectivity index (χ4v) is 13.1. The van der Waals surface area contributed by atoms with Crippen LogP contribution in [0.1, 0.15) is 95.2 Å². The summed E-state index contributed by atoms with van der Waals surface area (Å²) in [6, 6.07) is 27.5. The van der Waals surface area contributed by atoms with Gasteiger partial charge in [-0.25, -0.2) is 0 Å². The first-order valence-electron chi connectivity index (χ1n) is 23.2. The van der Waals surface area contributed by atoms with E-state index in [1.165, 1.54) is 0 Å². The number of rotatable bonds is 16. The summed E-state index contributed by atoms with van der Waals surface area (Å²) in [5.74, 6) is 1.16. The second-order valence-corrected chi connectivity index (χ2v) is 19.9. The molecule has 3 amide bonds. The van der Waals surface area contributed by atoms with Crippen LogP contribution in [0, 0.1) is 46.3 Å². The smallest absolute Gasteiger partial charge is 0.237 e. The summed E-state index contributed by atoms with van der Waals surface area (Å²) in [5, 5.41) is 20.4. The van der Waals surface area contributed by atoms with E-state index in [0.717, 1.165) is 74.5 Å². The van der Waals surface area contributed by atoms with Crippen LogP contribution in [-0.4, -0.2) is 65.7 Å². The molecule has 0 radical (unpaired) electrons. The zero-order valence-electron chi connectivity index (χ0n) is 36.7. The Morgan fingerprint density at radius 1 is 0.672 bits per heavy atom. The van der Waals surface area contributed by atoms with Crippen LogP contribution in [-0.2, 0) is 33.6 Å². The number of nitrogens with one attached hydrogen (secondary N) is 3. The number of aliphatic hydroxyl groups is 1. The second-order valence-electron chi connectivity index (χ2n) is 19.9. The van der Waals surface area contributed by atoms with E-state index in [1.54, 1.807) is 0 Å². The normalized spacial score (nSPS) is 32.5. The number of fused-ring (bicyclic) bond motifs is 5. The molecule has 14 atom stereocenters. The minimum absolute atomic E-state index is 0.0239. The van der Waals surface area contributed by atoms with Gasteiger partial charge >= 0.3 is 0 Å². The Kier molecular flexibility index (Phi) is 14.4. The maximum Gasteiger partial charge on any atom is 0.237 e. The molecule has 0 aliphatic heterocycles. The van der Waals surface area contributed by atoms with E-state index in [-0.39, 0.29) is 77.0 Å². The van der Waals surface area contributed by atoms with Gasteiger partial charge in [0, 0.05) is 24.7 Å². The van der Waals surface area contributed by atoms with Gasteiger partial charge < -0.3 is 38.3 Å². The number of benzene rings is 3. The van der Waals surface area contributed by atoms with E-state index in [9.17, 15) is 19.5 Å². The molecule has 0 saturated heterocycles. The highest BCUT2D eigenvalue weighted by Gasteiger charge is 2.66. The van der Waals surface area contributed by atoms with Crippen molar-refractivity contribution in [2.75, 3.05) is 6.61 Å². The van der Waals surface area contributed by atoms with Crippen LogP contribution in [0.3, 0.4) is 0 Å². The minimum atomic E-state index is -0.693. The summed E-state index contributed by atoms with van der Waals surface area (Å²) < 4.78 is 0. The second kappa shape index (κ2) is 19.5. The van der Waals surface area contributed by atoms with Gasteiger partial charge in [0.25, 0.3) is 0 Å². The lowest BCUT2D eigenvalue weighted by atomic mass is 9.42. The van der Waals surface area contributed by atoms with E-state index in [0.29, 0.717) is 31.1 Å². The van der Waals surface area contributed by atoms with Gasteiger partial charge in [0.1, 0.15) is 0 Å². The molecule has 0 heterocycles. The van der Waals surface area contributed by atoms with Crippen LogP contribution in [0.2, 0.25) is 0 Å². The van der Waals surface area contributed by atoms with Gasteiger partial charge in [-0.1, -0.05) is 112 Å². The van der Waals surface area contributed by atoms with Gasteiger partial charge in [0.05, 0.1) is 18.1 Å². The number of hydrogen-bond donors (Lipinski definition) is 7. The SMILES string of the molecule is C[C@H](CCCO)[C@H]1CC[C@H]2C3[C@H](NC(=O)[C@@H](N)Cc4ccccc4)CC4C[C@H](NC(=O)[C@@H](N)Cc5ccccc5)CC[C@]4(C)[C@H]3C[C@H](NC(=O)[C@@H](N)Cc3ccccc3)[C@]12C. The number of aliphatic hydroxyl groups excluding tert-OH is 1. The molecule has 10 N–H and O–H groups in total. The summed E-state index contributed by atoms with van der Waals surface area (Å²) in [4.78, 5) is 42.1. The average Bonchev–Trinajstić information content (AvgIpc) is 3.62. The highest BCUT2D eigenvalue weighted by atomic mass is 16.3. The van der Waals surface area contributed by atoms with Crippen molar-refractivity contribution < 1.29 is 19.5 Å². The zero-order chi connectivity index (χ0) is 43.3. The lowest BCUT2D eigenvalue weighted by molar-refractivity contribution is -0.154. The summed E-state index contributed by atoms with van der Waals surface area (Å²) in [7, 11) is 0. The Morgan fingerprint density at radius 2 is 1.18 bits per heavy atom. The Morgan fingerprint density at radius 3 is 1.70 bits per heavy atom. The molecule has 61 heavy (non-hydrogen) atoms. The van der Waals surface area contributed by atoms with Crippen molar-refractivity contribution in [3.63, 3.8) is 0 Å². The molecular formula is C51H72N6O4. The highest BCUT2D eigenvalue weighted by molar-refractivity contribution is 5.83. The maximum absolute atomic E-state index is 14.3. The van der Waals surface area contributed by atoms with Crippen LogP contribution in [0.25, 0.3) is 0 Å². The molecule has 0 bridgehead atoms. The van der Waals surface area contributed by atoms with E-state index >= 15 is 0 Å². The third kappa shape index (κ3) is 9.78. The Bertz CT molecular complexity index is 1920. The van der Waals surface area contributed by atoms with Gasteiger partial charge in [0.15, 0.2) is 0 Å². The number of carbonyl (C=O) groups excluding carboxylic acids is 3. The molecule has 4 saturated carbocycles. The van der Waals surface area contributed by atoms with Crippen molar-refractivity contribution in [1.29, 1.82) is 0 Å². The minimum Gasteiger partial charge on any atom is -0.396 e. The predicted molar refractivity (Wildman–Crippen MR) is 242 cm³/mol. The Hall–Kier alpha value is -4.09. The van der Waals surface area contributed by atoms with E-state index < -0.39 is 18.1 Å². The lowest BCUT2D eigenvalue weighted by Crippen LogP contribution is -2.68. The summed E-state index contributed by atoms with van der Waals surface area (Å²) in [6.07, 6.45) is 9.27. The molecule has 10 heteroatoms. The summed E-state index contributed by atoms with van der Waals surface area (Å²) in [6.45, 7) is 7.34. The molecule has 10 nitrogen and oxygen atoms in total. The van der Waals surface area contributed by atoms with Crippen molar-refractivity contribution in [2.45, 2.75) is 134 Å². The van der Waals surface area contributed by atoms with Gasteiger partial charge in [-0.2, -0.15) is 0 Å². The number of amides is 3. The van der Waals surface area contributed by atoms with Crippen molar-refractivity contribution in [3.8, 4) is 0 Å². The quantitative estimate of drug-likeness (QED) is 0.100. The third-order valence-electron chi connectivity index (χ3n) is 16.3. The number of hydrogen-bond acceptors (Lipinski definition) is 7. The third-order valence-corrected chi connectivity index (χ3v) is 16.3. The van der Waals surface area contributed by atoms with Crippen molar-refractivity contribution in [3.05, 3.63) is 108 Å². The van der Waals surface area contributed by atoms with Gasteiger partial charge in [0.2, 0.25) is 17.7 Å². The molecule has 4 aliphatic carbocycles. The molecule has 0 aromatic heterocycles. The van der Waals surface area contributed by atoms with Gasteiger partial charge in [-0.05, 0) is 140 Å². The van der Waals surface area contributed by atoms with E-state index in [2.05, 4.69) is 36.7 Å². The van der Waals surface area contributed by atoms with Crippen molar-refractivity contribution in [1.82, 2.24) is 16.0 Å². The molecule has 7 rings (SSSR count). The molecular weight excluding hydrogens is 761 g/mol. The Balaban J connectivity index is 1.18. The molecule has 3 aromatic carbocycles.